The van der Waals surface area contributed by atoms with Crippen molar-refractivity contribution < 1.29 is 23.8 Å². The Labute approximate surface area is 193 Å². The van der Waals surface area contributed by atoms with Crippen molar-refractivity contribution >= 4 is 12.1 Å². The average Bonchev–Trinajstić information content (AvgIpc) is 3.18. The van der Waals surface area contributed by atoms with Crippen LogP contribution < -0.4 is 0 Å². The first kappa shape index (κ1) is 24.6. The lowest BCUT2D eigenvalue weighted by Crippen LogP contribution is -2.46. The van der Waals surface area contributed by atoms with Gasteiger partial charge in [0, 0.05) is 46.0 Å². The second kappa shape index (κ2) is 11.2. The maximum atomic E-state index is 12.2. The third-order valence-electron chi connectivity index (χ3n) is 5.59. The topological polar surface area (TPSA) is 112 Å². The van der Waals surface area contributed by atoms with Crippen molar-refractivity contribution in [2.24, 2.45) is 7.05 Å². The summed E-state index contributed by atoms with van der Waals surface area (Å²) in [6, 6.07) is 3.89. The Morgan fingerprint density at radius 3 is 2.82 bits per heavy atom. The van der Waals surface area contributed by atoms with Crippen molar-refractivity contribution in [2.75, 3.05) is 40.4 Å². The fourth-order valence-corrected chi connectivity index (χ4v) is 3.65. The number of amides is 1. The second-order valence-corrected chi connectivity index (χ2v) is 8.04. The largest absolute Gasteiger partial charge is 0.467 e. The second-order valence-electron chi connectivity index (χ2n) is 8.04. The van der Waals surface area contributed by atoms with E-state index in [0.717, 1.165) is 24.2 Å². The third kappa shape index (κ3) is 6.05. The summed E-state index contributed by atoms with van der Waals surface area (Å²) in [5.74, 6) is -0.360. The molecule has 1 atom stereocenters. The van der Waals surface area contributed by atoms with E-state index in [9.17, 15) is 9.59 Å². The van der Waals surface area contributed by atoms with E-state index >= 15 is 0 Å². The number of ether oxygens (including phenoxy) is 3. The maximum absolute atomic E-state index is 12.2. The summed E-state index contributed by atoms with van der Waals surface area (Å²) in [5, 5.41) is 8.32. The predicted molar refractivity (Wildman–Crippen MR) is 119 cm³/mol. The van der Waals surface area contributed by atoms with Crippen molar-refractivity contribution in [1.29, 1.82) is 0 Å². The molecular weight excluding hydrogens is 428 g/mol. The molecular formula is C22H32N6O5. The summed E-state index contributed by atoms with van der Waals surface area (Å²) >= 11 is 0. The van der Waals surface area contributed by atoms with Crippen LogP contribution in [-0.2, 0) is 39.2 Å². The lowest BCUT2D eigenvalue weighted by Gasteiger charge is -2.31. The molecule has 0 aromatic carbocycles. The molecule has 0 N–H and O–H groups in total. The standard InChI is InChI=1S/C22H32N6O5/c1-6-9-26(3)22(30)33-14-18-20(24-25-27(18)4)17-8-7-16(15(2)23-17)12-28-10-11-32-19(13-28)21(29)31-5/h7-8,19H,6,9-14H2,1-5H3. The van der Waals surface area contributed by atoms with Crippen molar-refractivity contribution in [3.8, 4) is 11.4 Å². The summed E-state index contributed by atoms with van der Waals surface area (Å²) in [7, 11) is 4.83. The van der Waals surface area contributed by atoms with Crippen LogP contribution in [0.3, 0.4) is 0 Å². The van der Waals surface area contributed by atoms with Crippen molar-refractivity contribution in [1.82, 2.24) is 29.8 Å². The fraction of sp³-hybridized carbons (Fsp3) is 0.591. The normalized spacial score (nSPS) is 16.5. The highest BCUT2D eigenvalue weighted by molar-refractivity contribution is 5.74. The molecule has 11 heteroatoms. The van der Waals surface area contributed by atoms with Gasteiger partial charge in [0.2, 0.25) is 0 Å². The van der Waals surface area contributed by atoms with Gasteiger partial charge in [-0.15, -0.1) is 5.10 Å². The molecule has 1 unspecified atom stereocenters. The Hall–Kier alpha value is -3.05. The van der Waals surface area contributed by atoms with Gasteiger partial charge in [-0.2, -0.15) is 0 Å². The van der Waals surface area contributed by atoms with Crippen LogP contribution in [0.2, 0.25) is 0 Å². The summed E-state index contributed by atoms with van der Waals surface area (Å²) < 4.78 is 17.3. The van der Waals surface area contributed by atoms with Crippen LogP contribution in [0.5, 0.6) is 0 Å². The number of rotatable bonds is 8. The first-order chi connectivity index (χ1) is 15.8. The van der Waals surface area contributed by atoms with Gasteiger partial charge in [-0.05, 0) is 25.0 Å². The van der Waals surface area contributed by atoms with Gasteiger partial charge in [-0.25, -0.2) is 14.3 Å². The summed E-state index contributed by atoms with van der Waals surface area (Å²) in [4.78, 5) is 32.4. The van der Waals surface area contributed by atoms with Crippen LogP contribution in [0.15, 0.2) is 12.1 Å². The minimum atomic E-state index is -0.572. The van der Waals surface area contributed by atoms with Crippen LogP contribution in [0.1, 0.15) is 30.3 Å². The van der Waals surface area contributed by atoms with Crippen LogP contribution >= 0.6 is 0 Å². The Balaban J connectivity index is 1.70. The molecule has 1 aliphatic rings. The zero-order valence-electron chi connectivity index (χ0n) is 19.9. The summed E-state index contributed by atoms with van der Waals surface area (Å²) in [6.07, 6.45) is -0.107. The van der Waals surface area contributed by atoms with E-state index in [-0.39, 0.29) is 18.7 Å². The van der Waals surface area contributed by atoms with Gasteiger partial charge in [-0.1, -0.05) is 18.2 Å². The zero-order chi connectivity index (χ0) is 24.0. The molecule has 2 aromatic rings. The van der Waals surface area contributed by atoms with E-state index in [1.807, 2.05) is 26.0 Å². The molecule has 3 rings (SSSR count). The first-order valence-electron chi connectivity index (χ1n) is 11.0. The van der Waals surface area contributed by atoms with Gasteiger partial charge in [-0.3, -0.25) is 9.88 Å². The van der Waals surface area contributed by atoms with Gasteiger partial charge in [0.15, 0.2) is 6.10 Å². The lowest BCUT2D eigenvalue weighted by atomic mass is 10.1. The number of aryl methyl sites for hydroxylation is 2. The molecule has 11 nitrogen and oxygen atoms in total. The molecule has 33 heavy (non-hydrogen) atoms. The average molecular weight is 461 g/mol. The fourth-order valence-electron chi connectivity index (χ4n) is 3.65. The molecule has 3 heterocycles. The van der Waals surface area contributed by atoms with Gasteiger partial charge < -0.3 is 19.1 Å². The lowest BCUT2D eigenvalue weighted by molar-refractivity contribution is -0.160. The molecule has 1 amide bonds. The molecule has 180 valence electrons. The number of carbonyl (C=O) groups is 2. The van der Waals surface area contributed by atoms with Gasteiger partial charge in [0.25, 0.3) is 0 Å². The number of hydrogen-bond donors (Lipinski definition) is 0. The maximum Gasteiger partial charge on any atom is 0.409 e. The predicted octanol–water partition coefficient (Wildman–Crippen LogP) is 1.54. The van der Waals surface area contributed by atoms with Gasteiger partial charge in [0.05, 0.1) is 19.4 Å². The number of pyridine rings is 1. The Kier molecular flexibility index (Phi) is 8.34. The highest BCUT2D eigenvalue weighted by Crippen LogP contribution is 2.22. The molecule has 1 saturated heterocycles. The highest BCUT2D eigenvalue weighted by Gasteiger charge is 2.27. The number of nitrogens with zero attached hydrogens (tertiary/aromatic N) is 6. The van der Waals surface area contributed by atoms with E-state index in [1.165, 1.54) is 12.0 Å². The minimum absolute atomic E-state index is 0.0525. The zero-order valence-corrected chi connectivity index (χ0v) is 19.9. The summed E-state index contributed by atoms with van der Waals surface area (Å²) in [5.41, 5.74) is 3.80. The van der Waals surface area contributed by atoms with Crippen molar-refractivity contribution in [3.05, 3.63) is 29.1 Å². The molecule has 0 aliphatic carbocycles. The van der Waals surface area contributed by atoms with E-state index < -0.39 is 6.10 Å². The molecule has 0 saturated carbocycles. The van der Waals surface area contributed by atoms with Crippen molar-refractivity contribution in [3.63, 3.8) is 0 Å². The van der Waals surface area contributed by atoms with Crippen LogP contribution in [0, 0.1) is 6.92 Å². The van der Waals surface area contributed by atoms with E-state index in [2.05, 4.69) is 15.2 Å². The highest BCUT2D eigenvalue weighted by atomic mass is 16.6. The van der Waals surface area contributed by atoms with Gasteiger partial charge in [0.1, 0.15) is 18.0 Å². The minimum Gasteiger partial charge on any atom is -0.467 e. The van der Waals surface area contributed by atoms with E-state index in [1.54, 1.807) is 18.8 Å². The van der Waals surface area contributed by atoms with Crippen LogP contribution in [0.4, 0.5) is 4.79 Å². The molecule has 0 bridgehead atoms. The monoisotopic (exact) mass is 460 g/mol. The molecule has 0 spiro atoms. The van der Waals surface area contributed by atoms with Crippen LogP contribution in [-0.4, -0.2) is 88.3 Å². The van der Waals surface area contributed by atoms with Gasteiger partial charge >= 0.3 is 12.1 Å². The number of hydrogen-bond acceptors (Lipinski definition) is 9. The van der Waals surface area contributed by atoms with Crippen molar-refractivity contribution in [2.45, 2.75) is 39.5 Å². The first-order valence-corrected chi connectivity index (χ1v) is 11.0. The number of methoxy groups -OCH3 is 1. The quantitative estimate of drug-likeness (QED) is 0.541. The number of morpholine rings is 1. The van der Waals surface area contributed by atoms with E-state index in [0.29, 0.717) is 43.3 Å². The Morgan fingerprint density at radius 2 is 2.12 bits per heavy atom. The number of aromatic nitrogens is 4. The smallest absolute Gasteiger partial charge is 0.409 e. The number of esters is 1. The Morgan fingerprint density at radius 1 is 1.33 bits per heavy atom. The number of carbonyl (C=O) groups excluding carboxylic acids is 2. The third-order valence-corrected chi connectivity index (χ3v) is 5.59. The van der Waals surface area contributed by atoms with Crippen LogP contribution in [0.25, 0.3) is 11.4 Å². The Bertz CT molecular complexity index is 978. The molecule has 1 fully saturated rings. The van der Waals surface area contributed by atoms with E-state index in [4.69, 9.17) is 19.2 Å². The molecule has 1 aliphatic heterocycles. The SMILES string of the molecule is CCCN(C)C(=O)OCc1c(-c2ccc(CN3CCOC(C(=O)OC)C3)c(C)n2)nnn1C. The summed E-state index contributed by atoms with van der Waals surface area (Å²) in [6.45, 7) is 6.93. The molecule has 0 radical (unpaired) electrons. The molecule has 2 aromatic heterocycles.